The van der Waals surface area contributed by atoms with Crippen molar-refractivity contribution in [3.05, 3.63) is 0 Å². The fourth-order valence-electron chi connectivity index (χ4n) is 13.1. The minimum Gasteiger partial charge on any atom is -0.394 e. The van der Waals surface area contributed by atoms with E-state index in [1.54, 1.807) is 0 Å². The van der Waals surface area contributed by atoms with Gasteiger partial charge in [0.2, 0.25) is 0 Å². The van der Waals surface area contributed by atoms with E-state index in [1.807, 2.05) is 0 Å². The quantitative estimate of drug-likeness (QED) is 0.174. The second kappa shape index (κ2) is 14.1. The highest BCUT2D eigenvalue weighted by atomic mass is 16.8. The Balaban J connectivity index is 0.954. The Hall–Kier alpha value is -0.560. The van der Waals surface area contributed by atoms with E-state index in [1.165, 1.54) is 0 Å². The van der Waals surface area contributed by atoms with Crippen LogP contribution in [0, 0.1) is 46.3 Å². The molecule has 4 saturated carbocycles. The van der Waals surface area contributed by atoms with Crippen LogP contribution in [-0.4, -0.2) is 146 Å². The number of aliphatic hydroxyl groups is 8. The lowest BCUT2D eigenvalue weighted by molar-refractivity contribution is -0.373. The summed E-state index contributed by atoms with van der Waals surface area (Å²) in [5.41, 5.74) is -1.10. The summed E-state index contributed by atoms with van der Waals surface area (Å²) in [6, 6.07) is 0. The van der Waals surface area contributed by atoms with E-state index in [4.69, 9.17) is 28.4 Å². The van der Waals surface area contributed by atoms with Crippen LogP contribution in [0.1, 0.15) is 91.9 Å². The van der Waals surface area contributed by atoms with E-state index in [9.17, 15) is 40.9 Å². The van der Waals surface area contributed by atoms with Crippen molar-refractivity contribution in [1.29, 1.82) is 0 Å². The number of aliphatic hydroxyl groups excluding tert-OH is 7. The van der Waals surface area contributed by atoms with Gasteiger partial charge in [0.25, 0.3) is 0 Å². The van der Waals surface area contributed by atoms with E-state index in [-0.39, 0.29) is 29.0 Å². The van der Waals surface area contributed by atoms with Gasteiger partial charge in [0.1, 0.15) is 54.4 Å². The minimum atomic E-state index is -1.73. The molecule has 1 spiro atoms. The predicted molar refractivity (Wildman–Crippen MR) is 184 cm³/mol. The van der Waals surface area contributed by atoms with Gasteiger partial charge in [-0.15, -0.1) is 0 Å². The lowest BCUT2D eigenvalue weighted by Gasteiger charge is -2.62. The average Bonchev–Trinajstić information content (AvgIpc) is 3.50. The maximum Gasteiger partial charge on any atom is 0.187 e. The Morgan fingerprint density at radius 2 is 1.40 bits per heavy atom. The Bertz CT molecular complexity index is 1310. The first-order chi connectivity index (χ1) is 25.1. The van der Waals surface area contributed by atoms with Gasteiger partial charge in [-0.3, -0.25) is 0 Å². The van der Waals surface area contributed by atoms with Gasteiger partial charge in [-0.1, -0.05) is 27.7 Å². The molecule has 4 saturated heterocycles. The molecule has 22 unspecified atom stereocenters. The fourth-order valence-corrected chi connectivity index (χ4v) is 13.1. The number of fused-ring (bicyclic) bond motifs is 7. The Morgan fingerprint density at radius 1 is 0.698 bits per heavy atom. The standard InChI is InChI=1S/C39H64O14/c1-18-7-12-38(48-17-18)19(2)39(47)27(53-38)14-24-22-6-5-20-13-21(8-10-36(20,3)23(22)9-11-37(24,39)4)49-35-33(31(45)29(43)26(16-41)51-35)52-34-32(46)30(44)28(42)25(15-40)50-34/h18-35,40-47H,5-17H2,1-4H3. The molecular weight excluding hydrogens is 692 g/mol. The molecule has 8 N–H and O–H groups in total. The SMILES string of the molecule is CC1CCC2(OC1)OC1CC3C4CCC5CC(OC6OC(CO)C(O)C(O)C6OC6OC(CO)C(O)C(O)C6O)CCC5(C)C4CCC3(C)C1(O)C2C. The highest BCUT2D eigenvalue weighted by molar-refractivity contribution is 5.23. The van der Waals surface area contributed by atoms with Crippen LogP contribution in [-0.2, 0) is 28.4 Å². The summed E-state index contributed by atoms with van der Waals surface area (Å²) < 4.78 is 37.2. The molecule has 14 heteroatoms. The summed E-state index contributed by atoms with van der Waals surface area (Å²) in [5, 5.41) is 85.4. The molecule has 8 fully saturated rings. The van der Waals surface area contributed by atoms with Gasteiger partial charge in [0.15, 0.2) is 18.4 Å². The first-order valence-corrected chi connectivity index (χ1v) is 20.4. The topological polar surface area (TPSA) is 217 Å². The molecular formula is C39H64O14. The molecule has 8 aliphatic rings. The molecule has 0 radical (unpaired) electrons. The number of hydrogen-bond acceptors (Lipinski definition) is 14. The highest BCUT2D eigenvalue weighted by Gasteiger charge is 2.76. The van der Waals surface area contributed by atoms with Crippen LogP contribution in [0.3, 0.4) is 0 Å². The van der Waals surface area contributed by atoms with Gasteiger partial charge < -0.3 is 69.3 Å². The van der Waals surface area contributed by atoms with Crippen LogP contribution in [0.25, 0.3) is 0 Å². The second-order valence-corrected chi connectivity index (χ2v) is 18.8. The zero-order valence-electron chi connectivity index (χ0n) is 31.6. The van der Waals surface area contributed by atoms with Gasteiger partial charge in [0.05, 0.1) is 32.0 Å². The minimum absolute atomic E-state index is 0.0731. The average molecular weight is 757 g/mol. The molecule has 304 valence electrons. The van der Waals surface area contributed by atoms with Crippen molar-refractivity contribution >= 4 is 0 Å². The Morgan fingerprint density at radius 3 is 2.08 bits per heavy atom. The zero-order chi connectivity index (χ0) is 37.8. The first-order valence-electron chi connectivity index (χ1n) is 20.4. The molecule has 0 amide bonds. The van der Waals surface area contributed by atoms with Crippen molar-refractivity contribution in [2.24, 2.45) is 46.3 Å². The fraction of sp³-hybridized carbons (Fsp3) is 1.00. The molecule has 22 atom stereocenters. The van der Waals surface area contributed by atoms with Crippen LogP contribution in [0.4, 0.5) is 0 Å². The van der Waals surface area contributed by atoms with Gasteiger partial charge in [-0.2, -0.15) is 0 Å². The summed E-state index contributed by atoms with van der Waals surface area (Å²) in [4.78, 5) is 0. The van der Waals surface area contributed by atoms with Crippen LogP contribution in [0.2, 0.25) is 0 Å². The normalized spacial score (nSPS) is 59.5. The van der Waals surface area contributed by atoms with Gasteiger partial charge in [-0.05, 0) is 92.8 Å². The number of ether oxygens (including phenoxy) is 6. The summed E-state index contributed by atoms with van der Waals surface area (Å²) >= 11 is 0. The predicted octanol–water partition coefficient (Wildman–Crippen LogP) is 0.557. The lowest BCUT2D eigenvalue weighted by Crippen LogP contribution is -2.65. The molecule has 4 aliphatic carbocycles. The molecule has 8 rings (SSSR count). The molecule has 4 aliphatic heterocycles. The Labute approximate surface area is 312 Å². The molecule has 14 nitrogen and oxygen atoms in total. The van der Waals surface area contributed by atoms with Gasteiger partial charge in [0, 0.05) is 17.8 Å². The zero-order valence-corrected chi connectivity index (χ0v) is 31.6. The van der Waals surface area contributed by atoms with Crippen LogP contribution in [0.5, 0.6) is 0 Å². The van der Waals surface area contributed by atoms with Crippen molar-refractivity contribution in [3.63, 3.8) is 0 Å². The molecule has 53 heavy (non-hydrogen) atoms. The van der Waals surface area contributed by atoms with Crippen LogP contribution < -0.4 is 0 Å². The van der Waals surface area contributed by atoms with Crippen molar-refractivity contribution in [3.8, 4) is 0 Å². The van der Waals surface area contributed by atoms with Crippen molar-refractivity contribution in [1.82, 2.24) is 0 Å². The van der Waals surface area contributed by atoms with E-state index in [0.717, 1.165) is 64.2 Å². The molecule has 0 aromatic carbocycles. The monoisotopic (exact) mass is 756 g/mol. The third-order valence-electron chi connectivity index (χ3n) is 16.4. The van der Waals surface area contributed by atoms with Gasteiger partial charge in [-0.25, -0.2) is 0 Å². The Kier molecular flexibility index (Phi) is 10.4. The smallest absolute Gasteiger partial charge is 0.187 e. The van der Waals surface area contributed by atoms with E-state index < -0.39 is 86.0 Å². The third-order valence-corrected chi connectivity index (χ3v) is 16.4. The maximum atomic E-state index is 12.7. The molecule has 0 aromatic rings. The van der Waals surface area contributed by atoms with E-state index in [2.05, 4.69) is 27.7 Å². The molecule has 0 bridgehead atoms. The van der Waals surface area contributed by atoms with Crippen molar-refractivity contribution < 1.29 is 69.3 Å². The third kappa shape index (κ3) is 5.86. The molecule has 4 heterocycles. The maximum absolute atomic E-state index is 12.7. The number of hydrogen-bond donors (Lipinski definition) is 8. The van der Waals surface area contributed by atoms with Crippen LogP contribution in [0.15, 0.2) is 0 Å². The van der Waals surface area contributed by atoms with Crippen molar-refractivity contribution in [2.75, 3.05) is 19.8 Å². The van der Waals surface area contributed by atoms with E-state index >= 15 is 0 Å². The molecule has 0 aromatic heterocycles. The van der Waals surface area contributed by atoms with Crippen molar-refractivity contribution in [2.45, 2.75) is 177 Å². The van der Waals surface area contributed by atoms with Gasteiger partial charge >= 0.3 is 0 Å². The largest absolute Gasteiger partial charge is 0.394 e. The first kappa shape index (κ1) is 39.3. The highest BCUT2D eigenvalue weighted by Crippen LogP contribution is 2.72. The summed E-state index contributed by atoms with van der Waals surface area (Å²) in [7, 11) is 0. The second-order valence-electron chi connectivity index (χ2n) is 18.8. The summed E-state index contributed by atoms with van der Waals surface area (Å²) in [6.45, 7) is 8.58. The number of rotatable bonds is 6. The summed E-state index contributed by atoms with van der Waals surface area (Å²) in [5.74, 6) is 1.43. The lowest BCUT2D eigenvalue weighted by atomic mass is 9.44. The van der Waals surface area contributed by atoms with Crippen LogP contribution >= 0.6 is 0 Å². The van der Waals surface area contributed by atoms with E-state index in [0.29, 0.717) is 36.2 Å². The summed E-state index contributed by atoms with van der Waals surface area (Å²) in [6.07, 6.45) is -6.03.